The molecule has 150 valence electrons. The lowest BCUT2D eigenvalue weighted by atomic mass is 10.1. The first kappa shape index (κ1) is 20.3. The van der Waals surface area contributed by atoms with Crippen LogP contribution in [0.5, 0.6) is 0 Å². The number of hydrogen-bond acceptors (Lipinski definition) is 4. The van der Waals surface area contributed by atoms with Gasteiger partial charge in [0, 0.05) is 22.6 Å². The van der Waals surface area contributed by atoms with Gasteiger partial charge in [-0.1, -0.05) is 40.5 Å². The van der Waals surface area contributed by atoms with Crippen molar-refractivity contribution in [3.8, 4) is 22.8 Å². The van der Waals surface area contributed by atoms with Crippen molar-refractivity contribution in [2.75, 3.05) is 5.75 Å². The molecule has 0 atom stereocenters. The molecule has 4 rings (SSSR count). The summed E-state index contributed by atoms with van der Waals surface area (Å²) in [6, 6.07) is 9.17. The van der Waals surface area contributed by atoms with Crippen LogP contribution in [-0.4, -0.2) is 28.7 Å². The van der Waals surface area contributed by atoms with Crippen LogP contribution in [-0.2, 0) is 16.4 Å². The molecule has 0 saturated carbocycles. The maximum Gasteiger partial charge on any atom is 0.180 e. The number of sulfone groups is 1. The van der Waals surface area contributed by atoms with Crippen LogP contribution in [0.15, 0.2) is 45.9 Å². The molecule has 0 N–H and O–H groups in total. The van der Waals surface area contributed by atoms with Crippen molar-refractivity contribution in [2.45, 2.75) is 32.2 Å². The Morgan fingerprint density at radius 1 is 1.10 bits per heavy atom. The van der Waals surface area contributed by atoms with Crippen molar-refractivity contribution in [1.29, 1.82) is 0 Å². The number of pyridine rings is 2. The lowest BCUT2D eigenvalue weighted by molar-refractivity contribution is 0.597. The van der Waals surface area contributed by atoms with Gasteiger partial charge in [-0.2, -0.15) is 0 Å². The van der Waals surface area contributed by atoms with E-state index in [1.54, 1.807) is 13.0 Å². The molecule has 1 aromatic carbocycles. The zero-order valence-electron chi connectivity index (χ0n) is 16.2. The fourth-order valence-electron chi connectivity index (χ4n) is 3.47. The highest BCUT2D eigenvalue weighted by Crippen LogP contribution is 2.41. The van der Waals surface area contributed by atoms with Crippen molar-refractivity contribution in [3.05, 3.63) is 51.6 Å². The molecule has 2 aliphatic heterocycles. The highest BCUT2D eigenvalue weighted by molar-refractivity contribution is 9.10. The summed E-state index contributed by atoms with van der Waals surface area (Å²) in [5.41, 5.74) is 3.92. The van der Waals surface area contributed by atoms with Gasteiger partial charge < -0.3 is 4.57 Å². The number of aromatic nitrogens is 3. The monoisotopic (exact) mass is 491 g/mol. The van der Waals surface area contributed by atoms with Gasteiger partial charge in [0.05, 0.1) is 32.6 Å². The Kier molecular flexibility index (Phi) is 5.17. The summed E-state index contributed by atoms with van der Waals surface area (Å²) < 4.78 is 28.7. The van der Waals surface area contributed by atoms with Gasteiger partial charge >= 0.3 is 0 Å². The van der Waals surface area contributed by atoms with Crippen LogP contribution in [0.1, 0.15) is 19.4 Å². The predicted octanol–water partition coefficient (Wildman–Crippen LogP) is 5.74. The Labute approximate surface area is 183 Å². The molecule has 0 saturated heterocycles. The second kappa shape index (κ2) is 7.38. The van der Waals surface area contributed by atoms with Crippen molar-refractivity contribution in [3.63, 3.8) is 0 Å². The number of halogens is 2. The zero-order valence-corrected chi connectivity index (χ0v) is 19.4. The van der Waals surface area contributed by atoms with Crippen LogP contribution in [0.25, 0.3) is 33.7 Å². The molecule has 0 amide bonds. The molecular weight excluding hydrogens is 474 g/mol. The molecule has 0 spiro atoms. The number of benzene rings is 1. The van der Waals surface area contributed by atoms with Crippen molar-refractivity contribution < 1.29 is 8.42 Å². The van der Waals surface area contributed by atoms with Crippen LogP contribution < -0.4 is 0 Å². The average molecular weight is 493 g/mol. The third kappa shape index (κ3) is 3.45. The summed E-state index contributed by atoms with van der Waals surface area (Å²) in [6.45, 7) is 6.37. The van der Waals surface area contributed by atoms with Gasteiger partial charge in [-0.3, -0.25) is 0 Å². The number of hydrogen-bond donors (Lipinski definition) is 0. The Hall–Kier alpha value is -1.96. The molecule has 0 fully saturated rings. The summed E-state index contributed by atoms with van der Waals surface area (Å²) in [4.78, 5) is 9.54. The first-order valence-corrected chi connectivity index (χ1v) is 12.1. The molecule has 2 aliphatic rings. The number of aryl methyl sites for hydroxylation is 2. The fraction of sp³-hybridized carbons (Fsp3) is 0.238. The van der Waals surface area contributed by atoms with E-state index in [9.17, 15) is 8.42 Å². The van der Waals surface area contributed by atoms with E-state index in [1.807, 2.05) is 48.9 Å². The molecule has 1 aromatic heterocycles. The van der Waals surface area contributed by atoms with Gasteiger partial charge in [0.1, 0.15) is 11.4 Å². The zero-order chi connectivity index (χ0) is 20.9. The van der Waals surface area contributed by atoms with E-state index >= 15 is 0 Å². The molecule has 8 heteroatoms. The van der Waals surface area contributed by atoms with Gasteiger partial charge in [0.25, 0.3) is 0 Å². The normalized spacial score (nSPS) is 12.2. The van der Waals surface area contributed by atoms with E-state index in [-0.39, 0.29) is 10.6 Å². The highest BCUT2D eigenvalue weighted by atomic mass is 79.9. The number of rotatable bonds is 4. The lowest BCUT2D eigenvalue weighted by Crippen LogP contribution is -2.07. The summed E-state index contributed by atoms with van der Waals surface area (Å²) in [7, 11) is -3.54. The van der Waals surface area contributed by atoms with E-state index in [0.717, 1.165) is 33.4 Å². The molecule has 0 unspecified atom stereocenters. The lowest BCUT2D eigenvalue weighted by Gasteiger charge is -2.12. The third-order valence-electron chi connectivity index (χ3n) is 4.93. The first-order valence-electron chi connectivity index (χ1n) is 9.24. The van der Waals surface area contributed by atoms with Crippen LogP contribution >= 0.6 is 27.5 Å². The Balaban J connectivity index is 2.11. The third-order valence-corrected chi connectivity index (χ3v) is 7.52. The van der Waals surface area contributed by atoms with Gasteiger partial charge in [-0.15, -0.1) is 0 Å². The summed E-state index contributed by atoms with van der Waals surface area (Å²) >= 11 is 10.2. The second-order valence-corrected chi connectivity index (χ2v) is 10.4. The minimum Gasteiger partial charge on any atom is -0.345 e. The molecule has 3 heterocycles. The van der Waals surface area contributed by atoms with Crippen LogP contribution in [0.4, 0.5) is 0 Å². The SMILES string of the molecule is CCn1cc(C)cc2nc(-c3nc4cc(Br)ccc4cc3S(=O)(=O)CC)c(Cl)c1-2. The Bertz CT molecular complexity index is 1330. The standard InChI is InChI=1S/C21H19BrClN3O2S/c1-4-26-11-12(3)8-16-21(26)18(23)20(25-16)19-17(29(27,28)5-2)9-13-6-7-14(22)10-15(13)24-19/h6-11H,4-5H2,1-3H3. The summed E-state index contributed by atoms with van der Waals surface area (Å²) in [5, 5.41) is 1.16. The smallest absolute Gasteiger partial charge is 0.180 e. The number of nitrogens with zero attached hydrogens (tertiary/aromatic N) is 3. The van der Waals surface area contributed by atoms with Gasteiger partial charge in [-0.25, -0.2) is 18.4 Å². The first-order chi connectivity index (χ1) is 13.7. The maximum atomic E-state index is 12.9. The quantitative estimate of drug-likeness (QED) is 0.364. The van der Waals surface area contributed by atoms with E-state index in [2.05, 4.69) is 20.9 Å². The van der Waals surface area contributed by atoms with E-state index < -0.39 is 9.84 Å². The largest absolute Gasteiger partial charge is 0.345 e. The summed E-state index contributed by atoms with van der Waals surface area (Å²) in [5.74, 6) is -0.0321. The minimum atomic E-state index is -3.54. The minimum absolute atomic E-state index is 0.0321. The number of fused-ring (bicyclic) bond motifs is 2. The Morgan fingerprint density at radius 3 is 2.55 bits per heavy atom. The van der Waals surface area contributed by atoms with Crippen molar-refractivity contribution in [1.82, 2.24) is 14.5 Å². The molecule has 0 radical (unpaired) electrons. The van der Waals surface area contributed by atoms with E-state index in [1.165, 1.54) is 0 Å². The van der Waals surface area contributed by atoms with Gasteiger partial charge in [-0.05, 0) is 43.7 Å². The molecule has 29 heavy (non-hydrogen) atoms. The predicted molar refractivity (Wildman–Crippen MR) is 120 cm³/mol. The fourth-order valence-corrected chi connectivity index (χ4v) is 5.21. The maximum absolute atomic E-state index is 12.9. The molecule has 0 aliphatic carbocycles. The van der Waals surface area contributed by atoms with E-state index in [0.29, 0.717) is 21.9 Å². The highest BCUT2D eigenvalue weighted by Gasteiger charge is 2.27. The molecule has 0 bridgehead atoms. The molecule has 2 aromatic rings. The van der Waals surface area contributed by atoms with Crippen LogP contribution in [0, 0.1) is 6.92 Å². The van der Waals surface area contributed by atoms with E-state index in [4.69, 9.17) is 16.6 Å². The van der Waals surface area contributed by atoms with Crippen molar-refractivity contribution >= 4 is 48.3 Å². The second-order valence-electron chi connectivity index (χ2n) is 6.89. The topological polar surface area (TPSA) is 64.8 Å². The van der Waals surface area contributed by atoms with Gasteiger partial charge in [0.15, 0.2) is 9.84 Å². The summed E-state index contributed by atoms with van der Waals surface area (Å²) in [6.07, 6.45) is 2.01. The van der Waals surface area contributed by atoms with Crippen molar-refractivity contribution in [2.24, 2.45) is 0 Å². The Morgan fingerprint density at radius 2 is 1.86 bits per heavy atom. The van der Waals surface area contributed by atoms with Gasteiger partial charge in [0.2, 0.25) is 0 Å². The van der Waals surface area contributed by atoms with Crippen LogP contribution in [0.2, 0.25) is 5.02 Å². The van der Waals surface area contributed by atoms with Crippen LogP contribution in [0.3, 0.4) is 0 Å². The molecular formula is C21H19BrClN3O2S. The molecule has 5 nitrogen and oxygen atoms in total. The average Bonchev–Trinajstić information content (AvgIpc) is 3.02.